The quantitative estimate of drug-likeness (QED) is 0.0222. The lowest BCUT2D eigenvalue weighted by Gasteiger charge is -2.21. The predicted octanol–water partition coefficient (Wildman–Crippen LogP) is 18.8. The maximum absolute atomic E-state index is 13.0. The SMILES string of the molecule is CCCCCCCCCCCCC(=O)OC[C@H](COP(=O)(O)OC[C@H](O)COP(=O)(O)OC[C@@H](COC(=O)CCCCCCCCCCC(C)CC)OC(=O)CCCCCCCCCCCCCC(C)C)OC(=O)CCCCCCCCCCCC. The third-order valence-corrected chi connectivity index (χ3v) is 17.7. The van der Waals surface area contributed by atoms with Crippen molar-refractivity contribution in [3.8, 4) is 0 Å². The van der Waals surface area contributed by atoms with Crippen molar-refractivity contribution in [2.75, 3.05) is 39.6 Å². The minimum Gasteiger partial charge on any atom is -0.462 e. The van der Waals surface area contributed by atoms with Crippen LogP contribution >= 0.6 is 15.6 Å². The molecule has 0 aliphatic heterocycles. The van der Waals surface area contributed by atoms with Gasteiger partial charge in [0.25, 0.3) is 0 Å². The lowest BCUT2D eigenvalue weighted by atomic mass is 9.99. The molecule has 3 N–H and O–H groups in total. The Labute approximate surface area is 524 Å². The van der Waals surface area contributed by atoms with Crippen molar-refractivity contribution in [3.05, 3.63) is 0 Å². The van der Waals surface area contributed by atoms with Gasteiger partial charge in [0.05, 0.1) is 26.4 Å². The van der Waals surface area contributed by atoms with Gasteiger partial charge >= 0.3 is 39.5 Å². The molecule has 0 rings (SSSR count). The van der Waals surface area contributed by atoms with E-state index in [2.05, 4.69) is 41.5 Å². The highest BCUT2D eigenvalue weighted by Gasteiger charge is 2.30. The molecule has 6 atom stereocenters. The maximum atomic E-state index is 13.0. The molecule has 0 aromatic rings. The number of unbranched alkanes of at least 4 members (excludes halogenated alkanes) is 35. The average Bonchev–Trinajstić information content (AvgIpc) is 3.63. The average molecular weight is 1270 g/mol. The minimum absolute atomic E-state index is 0.106. The molecule has 3 unspecified atom stereocenters. The Morgan fingerprint density at radius 1 is 0.337 bits per heavy atom. The van der Waals surface area contributed by atoms with Gasteiger partial charge in [0, 0.05) is 25.7 Å². The molecule has 510 valence electrons. The van der Waals surface area contributed by atoms with Crippen LogP contribution < -0.4 is 0 Å². The Kier molecular flexibility index (Phi) is 58.0. The van der Waals surface area contributed by atoms with E-state index in [1.165, 1.54) is 154 Å². The van der Waals surface area contributed by atoms with Gasteiger partial charge in [0.15, 0.2) is 12.2 Å². The summed E-state index contributed by atoms with van der Waals surface area (Å²) in [5, 5.41) is 10.6. The highest BCUT2D eigenvalue weighted by atomic mass is 31.2. The van der Waals surface area contributed by atoms with Gasteiger partial charge in [-0.3, -0.25) is 37.3 Å². The van der Waals surface area contributed by atoms with E-state index < -0.39 is 97.5 Å². The number of hydrogen-bond acceptors (Lipinski definition) is 15. The van der Waals surface area contributed by atoms with E-state index in [9.17, 15) is 43.2 Å². The number of aliphatic hydroxyl groups excluding tert-OH is 1. The summed E-state index contributed by atoms with van der Waals surface area (Å²) in [7, 11) is -9.89. The van der Waals surface area contributed by atoms with Gasteiger partial charge in [0.2, 0.25) is 0 Å². The molecule has 19 heteroatoms. The summed E-state index contributed by atoms with van der Waals surface area (Å²) in [4.78, 5) is 72.4. The van der Waals surface area contributed by atoms with Crippen LogP contribution in [0.3, 0.4) is 0 Å². The molecule has 0 saturated heterocycles. The summed E-state index contributed by atoms with van der Waals surface area (Å²) in [5.41, 5.74) is 0. The van der Waals surface area contributed by atoms with Crippen molar-refractivity contribution in [2.45, 2.75) is 355 Å². The fourth-order valence-corrected chi connectivity index (χ4v) is 11.6. The zero-order valence-corrected chi connectivity index (χ0v) is 57.4. The first-order valence-corrected chi connectivity index (χ1v) is 38.0. The number of rotatable bonds is 66. The highest BCUT2D eigenvalue weighted by Crippen LogP contribution is 2.45. The first-order chi connectivity index (χ1) is 41.4. The molecule has 0 saturated carbocycles. The van der Waals surface area contributed by atoms with Crippen LogP contribution in [0.5, 0.6) is 0 Å². The monoisotopic (exact) mass is 1270 g/mol. The predicted molar refractivity (Wildman–Crippen MR) is 345 cm³/mol. The summed E-state index contributed by atoms with van der Waals surface area (Å²) in [6.07, 6.45) is 42.9. The molecule has 86 heavy (non-hydrogen) atoms. The van der Waals surface area contributed by atoms with Crippen LogP contribution in [0.4, 0.5) is 0 Å². The second kappa shape index (κ2) is 59.4. The third-order valence-electron chi connectivity index (χ3n) is 15.8. The number of ether oxygens (including phenoxy) is 4. The third kappa shape index (κ3) is 59.7. The van der Waals surface area contributed by atoms with Gasteiger partial charge in [-0.15, -0.1) is 0 Å². The van der Waals surface area contributed by atoms with E-state index in [4.69, 9.17) is 37.0 Å². The molecule has 17 nitrogen and oxygen atoms in total. The van der Waals surface area contributed by atoms with Crippen molar-refractivity contribution < 1.29 is 80.2 Å². The summed E-state index contributed by atoms with van der Waals surface area (Å²) >= 11 is 0. The summed E-state index contributed by atoms with van der Waals surface area (Å²) in [5.74, 6) is -0.586. The number of phosphoric acid groups is 2. The maximum Gasteiger partial charge on any atom is 0.472 e. The summed E-state index contributed by atoms with van der Waals surface area (Å²) in [6.45, 7) is 9.51. The lowest BCUT2D eigenvalue weighted by Crippen LogP contribution is -2.30. The normalized spacial score (nSPS) is 14.5. The second-order valence-corrected chi connectivity index (χ2v) is 27.8. The van der Waals surface area contributed by atoms with E-state index in [0.29, 0.717) is 25.7 Å². The van der Waals surface area contributed by atoms with Crippen LogP contribution in [0.1, 0.15) is 337 Å². The Hall–Kier alpha value is -1.94. The molecule has 0 spiro atoms. The second-order valence-electron chi connectivity index (χ2n) is 24.9. The number of carbonyl (C=O) groups excluding carboxylic acids is 4. The molecule has 0 aliphatic rings. The Morgan fingerprint density at radius 3 is 0.884 bits per heavy atom. The summed E-state index contributed by atoms with van der Waals surface area (Å²) in [6, 6.07) is 0. The van der Waals surface area contributed by atoms with Crippen LogP contribution in [0.25, 0.3) is 0 Å². The van der Waals surface area contributed by atoms with E-state index in [-0.39, 0.29) is 25.7 Å². The zero-order chi connectivity index (χ0) is 63.6. The van der Waals surface area contributed by atoms with Crippen LogP contribution in [-0.2, 0) is 65.4 Å². The lowest BCUT2D eigenvalue weighted by molar-refractivity contribution is -0.161. The molecule has 0 aromatic heterocycles. The topological polar surface area (TPSA) is 237 Å². The smallest absolute Gasteiger partial charge is 0.462 e. The van der Waals surface area contributed by atoms with E-state index >= 15 is 0 Å². The molecule has 0 fully saturated rings. The first-order valence-electron chi connectivity index (χ1n) is 35.0. The Morgan fingerprint density at radius 2 is 0.593 bits per heavy atom. The number of phosphoric ester groups is 2. The van der Waals surface area contributed by atoms with Gasteiger partial charge in [-0.1, -0.05) is 286 Å². The van der Waals surface area contributed by atoms with Crippen molar-refractivity contribution >= 4 is 39.5 Å². The molecule has 0 aliphatic carbocycles. The van der Waals surface area contributed by atoms with Gasteiger partial charge in [-0.05, 0) is 37.5 Å². The first kappa shape index (κ1) is 84.1. The van der Waals surface area contributed by atoms with Crippen molar-refractivity contribution in [2.24, 2.45) is 11.8 Å². The minimum atomic E-state index is -4.95. The molecule has 0 aromatic carbocycles. The van der Waals surface area contributed by atoms with Crippen molar-refractivity contribution in [3.63, 3.8) is 0 Å². The van der Waals surface area contributed by atoms with Crippen molar-refractivity contribution in [1.29, 1.82) is 0 Å². The number of carbonyl (C=O) groups is 4. The van der Waals surface area contributed by atoms with E-state index in [1.54, 1.807) is 0 Å². The molecule has 0 radical (unpaired) electrons. The van der Waals surface area contributed by atoms with Gasteiger partial charge in [-0.2, -0.15) is 0 Å². The molecule has 0 bridgehead atoms. The number of aliphatic hydroxyl groups is 1. The van der Waals surface area contributed by atoms with Crippen LogP contribution in [0.2, 0.25) is 0 Å². The number of hydrogen-bond donors (Lipinski definition) is 3. The Balaban J connectivity index is 5.25. The molecular weight excluding hydrogens is 1140 g/mol. The number of esters is 4. The van der Waals surface area contributed by atoms with Crippen molar-refractivity contribution in [1.82, 2.24) is 0 Å². The van der Waals surface area contributed by atoms with Gasteiger partial charge < -0.3 is 33.8 Å². The fraction of sp³-hybridized carbons (Fsp3) is 0.940. The van der Waals surface area contributed by atoms with Crippen LogP contribution in [0.15, 0.2) is 0 Å². The van der Waals surface area contributed by atoms with Gasteiger partial charge in [0.1, 0.15) is 19.3 Å². The largest absolute Gasteiger partial charge is 0.472 e. The zero-order valence-electron chi connectivity index (χ0n) is 55.6. The van der Waals surface area contributed by atoms with E-state index in [0.717, 1.165) is 102 Å². The Bertz CT molecular complexity index is 1690. The molecule has 0 amide bonds. The van der Waals surface area contributed by atoms with Crippen LogP contribution in [-0.4, -0.2) is 96.7 Å². The highest BCUT2D eigenvalue weighted by molar-refractivity contribution is 7.47. The summed E-state index contributed by atoms with van der Waals surface area (Å²) < 4.78 is 68.1. The van der Waals surface area contributed by atoms with Crippen LogP contribution in [0, 0.1) is 11.8 Å². The molecule has 0 heterocycles. The fourth-order valence-electron chi connectivity index (χ4n) is 10.0. The molecular formula is C67H130O17P2. The standard InChI is InChI=1S/C67H130O17P2/c1-7-10-12-14-16-18-24-31-37-43-49-64(69)77-55-62(83-66(71)51-45-39-33-25-19-17-15-13-11-8-2)57-81-85(73,74)79-53-61(68)54-80-86(75,76)82-58-63(56-78-65(70)50-44-38-32-28-27-30-36-42-48-60(6)9-3)84-67(72)52-46-40-34-26-22-20-21-23-29-35-41-47-59(4)5/h59-63,68H,7-58H2,1-6H3,(H,73,74)(H,75,76)/t60?,61-,62+,63+/m0/s1. The van der Waals surface area contributed by atoms with Gasteiger partial charge in [-0.25, -0.2) is 9.13 Å². The van der Waals surface area contributed by atoms with E-state index in [1.807, 2.05) is 0 Å².